The van der Waals surface area contributed by atoms with Gasteiger partial charge in [0, 0.05) is 35.7 Å². The Labute approximate surface area is 268 Å². The molecule has 1 aliphatic carbocycles. The van der Waals surface area contributed by atoms with Crippen LogP contribution in [0.15, 0.2) is 97.2 Å². The molecule has 1 N–H and O–H groups in total. The maximum Gasteiger partial charge on any atom is 0.433 e. The van der Waals surface area contributed by atoms with Gasteiger partial charge in [0.2, 0.25) is 0 Å². The molecule has 0 bridgehead atoms. The van der Waals surface area contributed by atoms with Crippen LogP contribution in [0.3, 0.4) is 0 Å². The average Bonchev–Trinajstić information content (AvgIpc) is 3.44. The van der Waals surface area contributed by atoms with Crippen LogP contribution in [-0.4, -0.2) is 30.6 Å². The number of ether oxygens (including phenoxy) is 1. The molecule has 2 atom stereocenters. The third-order valence-corrected chi connectivity index (χ3v) is 8.86. The zero-order chi connectivity index (χ0) is 32.5. The molecule has 0 amide bonds. The number of pyridine rings is 2. The molecule has 0 spiro atoms. The molecule has 7 rings (SSSR count). The van der Waals surface area contributed by atoms with E-state index in [0.29, 0.717) is 42.0 Å². The molecule has 3 aromatic heterocycles. The van der Waals surface area contributed by atoms with Crippen molar-refractivity contribution in [3.63, 3.8) is 0 Å². The summed E-state index contributed by atoms with van der Waals surface area (Å²) in [6.45, 7) is 0.678. The first kappa shape index (κ1) is 30.4. The van der Waals surface area contributed by atoms with Crippen molar-refractivity contribution in [1.82, 2.24) is 19.5 Å². The van der Waals surface area contributed by atoms with E-state index in [1.54, 1.807) is 0 Å². The molecular formula is C37H31F3N4O3. The Morgan fingerprint density at radius 1 is 0.872 bits per heavy atom. The minimum atomic E-state index is -4.51. The normalized spacial score (nSPS) is 16.8. The second kappa shape index (κ2) is 12.5. The van der Waals surface area contributed by atoms with Crippen molar-refractivity contribution < 1.29 is 27.8 Å². The van der Waals surface area contributed by atoms with Crippen molar-refractivity contribution in [2.45, 2.75) is 50.9 Å². The number of hydrogen-bond donors (Lipinski definition) is 1. The number of aromatic nitrogens is 4. The fourth-order valence-electron chi connectivity index (χ4n) is 6.51. The van der Waals surface area contributed by atoms with Crippen LogP contribution >= 0.6 is 0 Å². The van der Waals surface area contributed by atoms with Crippen LogP contribution in [0.4, 0.5) is 13.2 Å². The molecule has 0 radical (unpaired) electrons. The maximum atomic E-state index is 13.1. The van der Waals surface area contributed by atoms with Gasteiger partial charge in [0.25, 0.3) is 0 Å². The highest BCUT2D eigenvalue weighted by molar-refractivity contribution is 5.79. The van der Waals surface area contributed by atoms with Gasteiger partial charge in [0.05, 0.1) is 28.2 Å². The van der Waals surface area contributed by atoms with Crippen molar-refractivity contribution in [2.75, 3.05) is 0 Å². The van der Waals surface area contributed by atoms with Gasteiger partial charge in [-0.15, -0.1) is 0 Å². The van der Waals surface area contributed by atoms with Crippen LogP contribution in [0.5, 0.6) is 5.75 Å². The van der Waals surface area contributed by atoms with Crippen LogP contribution < -0.4 is 4.74 Å². The van der Waals surface area contributed by atoms with E-state index in [2.05, 4.69) is 9.55 Å². The number of imidazole rings is 1. The second-order valence-electron chi connectivity index (χ2n) is 12.0. The fourth-order valence-corrected chi connectivity index (χ4v) is 6.51. The zero-order valence-corrected chi connectivity index (χ0v) is 25.3. The number of halogens is 3. The topological polar surface area (TPSA) is 90.1 Å². The maximum absolute atomic E-state index is 13.1. The van der Waals surface area contributed by atoms with E-state index >= 15 is 0 Å². The van der Waals surface area contributed by atoms with Gasteiger partial charge in [0.1, 0.15) is 23.9 Å². The Kier molecular flexibility index (Phi) is 8.09. The van der Waals surface area contributed by atoms with Crippen molar-refractivity contribution in [2.24, 2.45) is 5.92 Å². The number of alkyl halides is 3. The monoisotopic (exact) mass is 636 g/mol. The zero-order valence-electron chi connectivity index (χ0n) is 25.3. The summed E-state index contributed by atoms with van der Waals surface area (Å²) in [5.41, 5.74) is 4.48. The van der Waals surface area contributed by atoms with Gasteiger partial charge in [-0.1, -0.05) is 61.4 Å². The van der Waals surface area contributed by atoms with Crippen LogP contribution in [0.1, 0.15) is 54.4 Å². The Morgan fingerprint density at radius 3 is 2.53 bits per heavy atom. The van der Waals surface area contributed by atoms with E-state index in [9.17, 15) is 23.1 Å². The molecule has 10 heteroatoms. The van der Waals surface area contributed by atoms with E-state index in [1.807, 2.05) is 78.9 Å². The van der Waals surface area contributed by atoms with Gasteiger partial charge >= 0.3 is 12.1 Å². The summed E-state index contributed by atoms with van der Waals surface area (Å²) in [5.74, 6) is -0.293. The summed E-state index contributed by atoms with van der Waals surface area (Å²) in [6, 6.07) is 27.5. The van der Waals surface area contributed by atoms with E-state index in [0.717, 1.165) is 52.1 Å². The lowest BCUT2D eigenvalue weighted by atomic mass is 9.78. The van der Waals surface area contributed by atoms with E-state index in [4.69, 9.17) is 14.7 Å². The number of carboxylic acid groups (broad SMARTS) is 1. The molecule has 3 heterocycles. The average molecular weight is 637 g/mol. The summed E-state index contributed by atoms with van der Waals surface area (Å²) in [5, 5.41) is 11.2. The predicted octanol–water partition coefficient (Wildman–Crippen LogP) is 8.65. The molecule has 0 aliphatic heterocycles. The number of hydrogen-bond acceptors (Lipinski definition) is 5. The highest BCUT2D eigenvalue weighted by Crippen LogP contribution is 2.40. The molecule has 0 unspecified atom stereocenters. The largest absolute Gasteiger partial charge is 0.487 e. The Bertz CT molecular complexity index is 2070. The summed E-state index contributed by atoms with van der Waals surface area (Å²) in [6.07, 6.45) is -0.195. The molecule has 7 nitrogen and oxygen atoms in total. The van der Waals surface area contributed by atoms with Crippen molar-refractivity contribution in [3.05, 3.63) is 120 Å². The number of carboxylic acids is 1. The Balaban J connectivity index is 1.21. The summed E-state index contributed by atoms with van der Waals surface area (Å²) in [4.78, 5) is 25.7. The van der Waals surface area contributed by atoms with Crippen LogP contribution in [0.2, 0.25) is 0 Å². The lowest BCUT2D eigenvalue weighted by Crippen LogP contribution is -2.27. The Morgan fingerprint density at radius 2 is 1.72 bits per heavy atom. The first-order chi connectivity index (χ1) is 22.7. The summed E-state index contributed by atoms with van der Waals surface area (Å²) >= 11 is 0. The molecule has 238 valence electrons. The highest BCUT2D eigenvalue weighted by atomic mass is 19.4. The SMILES string of the molecule is O=C(O)[C@@H]1CCCC[C@@H]1c1nc2cc(OCc3ccc4ccccc4n3)ccc2n1Cc1cccc(-c2ccc(C(F)(F)F)nc2)c1. The first-order valence-electron chi connectivity index (χ1n) is 15.6. The summed E-state index contributed by atoms with van der Waals surface area (Å²) < 4.78 is 47.4. The molecule has 0 saturated heterocycles. The number of nitrogens with zero attached hydrogens (tertiary/aromatic N) is 4. The van der Waals surface area contributed by atoms with Crippen molar-refractivity contribution in [1.29, 1.82) is 0 Å². The molecule has 1 saturated carbocycles. The smallest absolute Gasteiger partial charge is 0.433 e. The van der Waals surface area contributed by atoms with Crippen molar-refractivity contribution in [3.8, 4) is 16.9 Å². The second-order valence-corrected chi connectivity index (χ2v) is 12.0. The van der Waals surface area contributed by atoms with Crippen molar-refractivity contribution >= 4 is 27.9 Å². The first-order valence-corrected chi connectivity index (χ1v) is 15.6. The minimum Gasteiger partial charge on any atom is -0.487 e. The van der Waals surface area contributed by atoms with Crippen LogP contribution in [-0.2, 0) is 24.1 Å². The number of benzene rings is 3. The van der Waals surface area contributed by atoms with Gasteiger partial charge in [-0.25, -0.2) is 9.97 Å². The molecule has 6 aromatic rings. The van der Waals surface area contributed by atoms with Gasteiger partial charge < -0.3 is 14.4 Å². The molecule has 1 aliphatic rings. The Hall–Kier alpha value is -5.25. The number of aliphatic carboxylic acids is 1. The molecule has 1 fully saturated rings. The van der Waals surface area contributed by atoms with Crippen LogP contribution in [0, 0.1) is 5.92 Å². The number of carbonyl (C=O) groups is 1. The lowest BCUT2D eigenvalue weighted by molar-refractivity contribution is -0.143. The minimum absolute atomic E-state index is 0.262. The van der Waals surface area contributed by atoms with E-state index in [-0.39, 0.29) is 12.5 Å². The quantitative estimate of drug-likeness (QED) is 0.180. The fraction of sp³-hybridized carbons (Fsp3) is 0.243. The predicted molar refractivity (Wildman–Crippen MR) is 172 cm³/mol. The highest BCUT2D eigenvalue weighted by Gasteiger charge is 2.35. The number of fused-ring (bicyclic) bond motifs is 2. The molecule has 3 aromatic carbocycles. The van der Waals surface area contributed by atoms with Gasteiger partial charge in [-0.3, -0.25) is 9.78 Å². The van der Waals surface area contributed by atoms with Gasteiger partial charge in [-0.05, 0) is 60.4 Å². The number of para-hydroxylation sites is 1. The van der Waals surface area contributed by atoms with E-state index in [1.165, 1.54) is 12.3 Å². The standard InChI is InChI=1S/C37H31F3N4O3/c38-37(39,40)34-17-13-26(20-41-34)25-8-5-6-23(18-25)21-44-33-16-15-28(47-22-27-14-12-24-7-1-4-11-31(24)42-27)19-32(33)43-35(44)29-9-2-3-10-30(29)36(45)46/h1,4-8,11-20,29-30H,2-3,9-10,21-22H2,(H,45,46)/t29-,30+/m0/s1. The van der Waals surface area contributed by atoms with E-state index < -0.39 is 23.8 Å². The van der Waals surface area contributed by atoms with Gasteiger partial charge in [-0.2, -0.15) is 13.2 Å². The molecule has 47 heavy (non-hydrogen) atoms. The third kappa shape index (κ3) is 6.40. The summed E-state index contributed by atoms with van der Waals surface area (Å²) in [7, 11) is 0. The number of rotatable bonds is 8. The van der Waals surface area contributed by atoms with Gasteiger partial charge in [0.15, 0.2) is 0 Å². The third-order valence-electron chi connectivity index (χ3n) is 8.86. The lowest BCUT2D eigenvalue weighted by Gasteiger charge is -2.28. The molecular weight excluding hydrogens is 605 g/mol. The van der Waals surface area contributed by atoms with Crippen LogP contribution in [0.25, 0.3) is 33.1 Å².